The van der Waals surface area contributed by atoms with Crippen LogP contribution >= 0.6 is 0 Å². The van der Waals surface area contributed by atoms with Crippen molar-refractivity contribution in [2.75, 3.05) is 13.2 Å². The molecule has 3 N–H and O–H groups in total. The van der Waals surface area contributed by atoms with Gasteiger partial charge in [0.25, 0.3) is 5.91 Å². The Morgan fingerprint density at radius 1 is 1.85 bits per heavy atom. The van der Waals surface area contributed by atoms with E-state index in [-0.39, 0.29) is 12.5 Å². The van der Waals surface area contributed by atoms with Crippen LogP contribution in [0.15, 0.2) is 12.7 Å². The number of ether oxygens (including phenoxy) is 1. The lowest BCUT2D eigenvalue weighted by atomic mass is 10.3. The first-order valence-corrected chi connectivity index (χ1v) is 3.81. The molecule has 0 radical (unpaired) electrons. The summed E-state index contributed by atoms with van der Waals surface area (Å²) in [6.45, 7) is 3.88. The van der Waals surface area contributed by atoms with Crippen molar-refractivity contribution in [1.29, 1.82) is 0 Å². The Bertz CT molecular complexity index is 229. The number of nitrogens with one attached hydrogen (secondary N) is 3. The number of hydrazine groups is 1. The smallest absolute Gasteiger partial charge is 0.408 e. The first-order chi connectivity index (χ1) is 6.24. The molecule has 1 saturated heterocycles. The maximum absolute atomic E-state index is 10.9. The Morgan fingerprint density at radius 3 is 3.15 bits per heavy atom. The van der Waals surface area contributed by atoms with Crippen molar-refractivity contribution >= 4 is 12.0 Å². The summed E-state index contributed by atoms with van der Waals surface area (Å²) < 4.78 is 4.63. The van der Waals surface area contributed by atoms with Crippen LogP contribution in [-0.2, 0) is 9.53 Å². The van der Waals surface area contributed by atoms with Gasteiger partial charge in [-0.2, -0.15) is 0 Å². The van der Waals surface area contributed by atoms with E-state index in [0.717, 1.165) is 0 Å². The number of hydrogen-bond acceptors (Lipinski definition) is 4. The molecule has 13 heavy (non-hydrogen) atoms. The van der Waals surface area contributed by atoms with E-state index in [1.165, 1.54) is 6.08 Å². The zero-order valence-electron chi connectivity index (χ0n) is 7.00. The predicted octanol–water partition coefficient (Wildman–Crippen LogP) is -1.10. The minimum Gasteiger partial charge on any atom is -0.445 e. The lowest BCUT2D eigenvalue weighted by Crippen LogP contribution is -2.41. The van der Waals surface area contributed by atoms with Crippen molar-refractivity contribution < 1.29 is 14.3 Å². The predicted molar refractivity (Wildman–Crippen MR) is 44.6 cm³/mol. The number of carbonyl (C=O) groups excluding carboxylic acids is 2. The lowest BCUT2D eigenvalue weighted by Gasteiger charge is -2.08. The molecule has 0 aromatic rings. The maximum Gasteiger partial charge on any atom is 0.408 e. The fourth-order valence-electron chi connectivity index (χ4n) is 0.855. The summed E-state index contributed by atoms with van der Waals surface area (Å²) in [5, 5.41) is 2.38. The van der Waals surface area contributed by atoms with Crippen molar-refractivity contribution in [2.45, 2.75) is 6.04 Å². The third kappa shape index (κ3) is 2.75. The van der Waals surface area contributed by atoms with Gasteiger partial charge in [-0.25, -0.2) is 10.2 Å². The summed E-state index contributed by atoms with van der Waals surface area (Å²) in [6, 6.07) is -0.558. The highest BCUT2D eigenvalue weighted by Crippen LogP contribution is 1.89. The summed E-state index contributed by atoms with van der Waals surface area (Å²) >= 11 is 0. The zero-order chi connectivity index (χ0) is 9.68. The summed E-state index contributed by atoms with van der Waals surface area (Å²) in [5.74, 6) is -0.268. The van der Waals surface area contributed by atoms with Crippen LogP contribution in [0.5, 0.6) is 0 Å². The minimum absolute atomic E-state index is 0.133. The molecule has 0 aromatic heterocycles. The number of alkyl carbamates (subject to hydrolysis) is 1. The average molecular weight is 185 g/mol. The number of carbonyl (C=O) groups is 2. The number of hydrogen-bond donors (Lipinski definition) is 3. The standard InChI is InChI=1S/C7H11N3O3/c1-2-3-13-7(12)9-5-4-8-10-6(5)11/h2,5,8H,1,3-4H2,(H,9,12)(H,10,11)/t5-/m0/s1. The second-order valence-corrected chi connectivity index (χ2v) is 2.45. The monoisotopic (exact) mass is 185 g/mol. The third-order valence-electron chi connectivity index (χ3n) is 1.46. The molecule has 0 spiro atoms. The van der Waals surface area contributed by atoms with Crippen LogP contribution < -0.4 is 16.2 Å². The molecule has 1 aliphatic rings. The quantitative estimate of drug-likeness (QED) is 0.488. The molecule has 72 valence electrons. The van der Waals surface area contributed by atoms with Gasteiger partial charge in [-0.3, -0.25) is 10.2 Å². The van der Waals surface area contributed by atoms with E-state index >= 15 is 0 Å². The van der Waals surface area contributed by atoms with Crippen LogP contribution in [0.2, 0.25) is 0 Å². The van der Waals surface area contributed by atoms with Gasteiger partial charge in [0, 0.05) is 6.54 Å². The van der Waals surface area contributed by atoms with Gasteiger partial charge >= 0.3 is 6.09 Å². The van der Waals surface area contributed by atoms with Gasteiger partial charge in [-0.05, 0) is 0 Å². The molecule has 2 amide bonds. The molecule has 1 heterocycles. The highest BCUT2D eigenvalue weighted by atomic mass is 16.5. The molecule has 0 saturated carbocycles. The van der Waals surface area contributed by atoms with E-state index in [2.05, 4.69) is 27.5 Å². The molecular weight excluding hydrogens is 174 g/mol. The first kappa shape index (κ1) is 9.53. The molecule has 1 atom stereocenters. The second kappa shape index (κ2) is 4.46. The Morgan fingerprint density at radius 2 is 2.62 bits per heavy atom. The Labute approximate surface area is 75.3 Å². The molecule has 6 nitrogen and oxygen atoms in total. The van der Waals surface area contributed by atoms with Crippen LogP contribution in [0, 0.1) is 0 Å². The fourth-order valence-corrected chi connectivity index (χ4v) is 0.855. The lowest BCUT2D eigenvalue weighted by molar-refractivity contribution is -0.121. The highest BCUT2D eigenvalue weighted by molar-refractivity contribution is 5.87. The Hall–Kier alpha value is -1.56. The fraction of sp³-hybridized carbons (Fsp3) is 0.429. The molecule has 0 aliphatic carbocycles. The van der Waals surface area contributed by atoms with Gasteiger partial charge in [-0.15, -0.1) is 0 Å². The molecule has 1 rings (SSSR count). The molecule has 0 unspecified atom stereocenters. The van der Waals surface area contributed by atoms with Crippen LogP contribution in [0.4, 0.5) is 4.79 Å². The van der Waals surface area contributed by atoms with Crippen molar-refractivity contribution in [3.63, 3.8) is 0 Å². The molecule has 6 heteroatoms. The van der Waals surface area contributed by atoms with Crippen LogP contribution in [0.1, 0.15) is 0 Å². The van der Waals surface area contributed by atoms with Gasteiger partial charge in [0.15, 0.2) is 0 Å². The summed E-state index contributed by atoms with van der Waals surface area (Å²) in [7, 11) is 0. The molecule has 0 aromatic carbocycles. The Balaban J connectivity index is 2.26. The second-order valence-electron chi connectivity index (χ2n) is 2.45. The van der Waals surface area contributed by atoms with Crippen molar-refractivity contribution in [3.8, 4) is 0 Å². The summed E-state index contributed by atoms with van der Waals surface area (Å²) in [6.07, 6.45) is 0.829. The summed E-state index contributed by atoms with van der Waals surface area (Å²) in [5.41, 5.74) is 4.95. The van der Waals surface area contributed by atoms with E-state index in [1.807, 2.05) is 0 Å². The number of rotatable bonds is 3. The van der Waals surface area contributed by atoms with Crippen molar-refractivity contribution in [2.24, 2.45) is 0 Å². The van der Waals surface area contributed by atoms with Crippen molar-refractivity contribution in [3.05, 3.63) is 12.7 Å². The summed E-state index contributed by atoms with van der Waals surface area (Å²) in [4.78, 5) is 21.8. The van der Waals surface area contributed by atoms with Crippen LogP contribution in [0.25, 0.3) is 0 Å². The van der Waals surface area contributed by atoms with Gasteiger partial charge < -0.3 is 10.1 Å². The molecule has 0 bridgehead atoms. The topological polar surface area (TPSA) is 79.5 Å². The first-order valence-electron chi connectivity index (χ1n) is 3.81. The maximum atomic E-state index is 10.9. The number of amides is 2. The van der Waals surface area contributed by atoms with Crippen LogP contribution in [0.3, 0.4) is 0 Å². The minimum atomic E-state index is -0.622. The molecule has 1 aliphatic heterocycles. The van der Waals surface area contributed by atoms with E-state index < -0.39 is 12.1 Å². The van der Waals surface area contributed by atoms with Gasteiger partial charge in [-0.1, -0.05) is 12.7 Å². The highest BCUT2D eigenvalue weighted by Gasteiger charge is 2.25. The van der Waals surface area contributed by atoms with Gasteiger partial charge in [0.2, 0.25) is 0 Å². The van der Waals surface area contributed by atoms with Gasteiger partial charge in [0.05, 0.1) is 0 Å². The molecule has 1 fully saturated rings. The molecular formula is C7H11N3O3. The Kier molecular flexibility index (Phi) is 3.27. The van der Waals surface area contributed by atoms with Crippen molar-refractivity contribution in [1.82, 2.24) is 16.2 Å². The van der Waals surface area contributed by atoms with E-state index in [9.17, 15) is 9.59 Å². The van der Waals surface area contributed by atoms with E-state index in [4.69, 9.17) is 0 Å². The normalized spacial score (nSPS) is 20.6. The largest absolute Gasteiger partial charge is 0.445 e. The average Bonchev–Trinajstić information content (AvgIpc) is 2.48. The zero-order valence-corrected chi connectivity index (χ0v) is 7.00. The van der Waals surface area contributed by atoms with E-state index in [0.29, 0.717) is 6.54 Å². The van der Waals surface area contributed by atoms with E-state index in [1.54, 1.807) is 0 Å². The SMILES string of the molecule is C=CCOC(=O)N[C@H]1CNNC1=O. The third-order valence-corrected chi connectivity index (χ3v) is 1.46. The van der Waals surface area contributed by atoms with Gasteiger partial charge in [0.1, 0.15) is 12.6 Å². The van der Waals surface area contributed by atoms with Crippen LogP contribution in [-0.4, -0.2) is 31.2 Å².